The van der Waals surface area contributed by atoms with Gasteiger partial charge in [0.1, 0.15) is 17.0 Å². The number of ether oxygens (including phenoxy) is 1. The van der Waals surface area contributed by atoms with Crippen molar-refractivity contribution in [2.24, 2.45) is 4.99 Å². The van der Waals surface area contributed by atoms with E-state index in [1.54, 1.807) is 18.5 Å². The van der Waals surface area contributed by atoms with Gasteiger partial charge >= 0.3 is 0 Å². The number of nitriles is 1. The number of nitro groups is 1. The highest BCUT2D eigenvalue weighted by Gasteiger charge is 2.26. The number of rotatable bonds is 2. The maximum absolute atomic E-state index is 11.3. The first kappa shape index (κ1) is 15.9. The third kappa shape index (κ3) is 3.38. The third-order valence-electron chi connectivity index (χ3n) is 2.92. The molecule has 0 aromatic heterocycles. The number of nitro benzene ring substituents is 1. The van der Waals surface area contributed by atoms with Crippen LogP contribution < -0.4 is 10.1 Å². The summed E-state index contributed by atoms with van der Waals surface area (Å²) in [4.78, 5) is 14.9. The lowest BCUT2D eigenvalue weighted by molar-refractivity contribution is -0.384. The van der Waals surface area contributed by atoms with Crippen molar-refractivity contribution >= 4 is 34.4 Å². The number of thioether (sulfide) groups is 1. The number of hydrogen-bond acceptors (Lipinski definition) is 6. The highest BCUT2D eigenvalue weighted by molar-refractivity contribution is 8.13. The topological polar surface area (TPSA) is 101 Å². The average molecular weight is 318 g/mol. The van der Waals surface area contributed by atoms with E-state index >= 15 is 0 Å². The second-order valence-electron chi connectivity index (χ2n) is 5.03. The molecular formula is C14H14N4O3S. The molecule has 0 fully saturated rings. The molecule has 22 heavy (non-hydrogen) atoms. The molecule has 0 spiro atoms. The van der Waals surface area contributed by atoms with Crippen LogP contribution in [-0.4, -0.2) is 21.9 Å². The standard InChI is InChI=1S/C14H14N4O3S/c1-14(2)5-4-9-6-10(17-13(22-3)16-8-15)11(18(19)20)7-12(9)21-14/h4-7H,1-3H3,(H,16,17). The van der Waals surface area contributed by atoms with Crippen LogP contribution in [0.5, 0.6) is 5.75 Å². The van der Waals surface area contributed by atoms with Gasteiger partial charge in [-0.15, -0.1) is 0 Å². The lowest BCUT2D eigenvalue weighted by Crippen LogP contribution is -2.27. The number of nitrogens with one attached hydrogen (secondary N) is 1. The highest BCUT2D eigenvalue weighted by Crippen LogP contribution is 2.39. The first-order valence-electron chi connectivity index (χ1n) is 6.35. The minimum Gasteiger partial charge on any atom is -0.483 e. The van der Waals surface area contributed by atoms with Crippen LogP contribution in [0.1, 0.15) is 19.4 Å². The van der Waals surface area contributed by atoms with Crippen molar-refractivity contribution in [1.82, 2.24) is 5.32 Å². The number of aliphatic imine (C=N–C) groups is 1. The number of fused-ring (bicyclic) bond motifs is 1. The highest BCUT2D eigenvalue weighted by atomic mass is 32.2. The van der Waals surface area contributed by atoms with Crippen LogP contribution in [-0.2, 0) is 0 Å². The molecule has 2 rings (SSSR count). The summed E-state index contributed by atoms with van der Waals surface area (Å²) >= 11 is 1.19. The van der Waals surface area contributed by atoms with E-state index < -0.39 is 10.5 Å². The summed E-state index contributed by atoms with van der Waals surface area (Å²) in [5.74, 6) is 0.442. The molecule has 1 heterocycles. The van der Waals surface area contributed by atoms with Crippen molar-refractivity contribution in [3.63, 3.8) is 0 Å². The Bertz CT molecular complexity index is 720. The Morgan fingerprint density at radius 1 is 1.55 bits per heavy atom. The van der Waals surface area contributed by atoms with E-state index in [4.69, 9.17) is 10.00 Å². The van der Waals surface area contributed by atoms with Crippen molar-refractivity contribution in [2.45, 2.75) is 19.4 Å². The van der Waals surface area contributed by atoms with Crippen LogP contribution in [0.2, 0.25) is 0 Å². The lowest BCUT2D eigenvalue weighted by Gasteiger charge is -2.27. The van der Waals surface area contributed by atoms with E-state index in [1.165, 1.54) is 17.8 Å². The number of nitrogens with zero attached hydrogens (tertiary/aromatic N) is 3. The second-order valence-corrected chi connectivity index (χ2v) is 5.83. The van der Waals surface area contributed by atoms with Gasteiger partial charge in [-0.3, -0.25) is 15.4 Å². The Morgan fingerprint density at radius 3 is 2.86 bits per heavy atom. The molecule has 1 aromatic carbocycles. The molecule has 1 aromatic rings. The summed E-state index contributed by atoms with van der Waals surface area (Å²) in [5.41, 5.74) is 0.194. The molecule has 7 nitrogen and oxygen atoms in total. The van der Waals surface area contributed by atoms with E-state index in [2.05, 4.69) is 10.3 Å². The molecule has 0 radical (unpaired) electrons. The molecular weight excluding hydrogens is 304 g/mol. The third-order valence-corrected chi connectivity index (χ3v) is 3.50. The molecule has 0 amide bonds. The summed E-state index contributed by atoms with van der Waals surface area (Å²) in [6.07, 6.45) is 7.19. The fourth-order valence-corrected chi connectivity index (χ4v) is 2.26. The SMILES string of the molecule is CSC(=Nc1cc2c(cc1[N+](=O)[O-])OC(C)(C)C=C2)NC#N. The van der Waals surface area contributed by atoms with E-state index in [0.29, 0.717) is 11.3 Å². The molecule has 0 atom stereocenters. The number of hydrogen-bond donors (Lipinski definition) is 1. The van der Waals surface area contributed by atoms with Crippen LogP contribution in [0.3, 0.4) is 0 Å². The number of amidine groups is 1. The molecule has 1 aliphatic rings. The van der Waals surface area contributed by atoms with Gasteiger partial charge in [-0.1, -0.05) is 17.8 Å². The van der Waals surface area contributed by atoms with E-state index in [-0.39, 0.29) is 16.5 Å². The summed E-state index contributed by atoms with van der Waals surface area (Å²) in [5, 5.41) is 22.6. The maximum atomic E-state index is 11.3. The Labute approximate surface area is 131 Å². The summed E-state index contributed by atoms with van der Waals surface area (Å²) in [6.45, 7) is 3.74. The van der Waals surface area contributed by atoms with Gasteiger partial charge in [0.05, 0.1) is 11.0 Å². The summed E-state index contributed by atoms with van der Waals surface area (Å²) < 4.78 is 5.73. The normalized spacial score (nSPS) is 15.5. The molecule has 1 aliphatic heterocycles. The molecule has 0 bridgehead atoms. The fourth-order valence-electron chi connectivity index (χ4n) is 1.92. The van der Waals surface area contributed by atoms with Crippen LogP contribution in [0.25, 0.3) is 6.08 Å². The summed E-state index contributed by atoms with van der Waals surface area (Å²) in [7, 11) is 0. The van der Waals surface area contributed by atoms with Crippen LogP contribution in [0.15, 0.2) is 23.2 Å². The Hall–Kier alpha value is -2.53. The van der Waals surface area contributed by atoms with E-state index in [9.17, 15) is 10.1 Å². The van der Waals surface area contributed by atoms with Gasteiger partial charge in [0.25, 0.3) is 5.69 Å². The molecule has 8 heteroatoms. The van der Waals surface area contributed by atoms with Crippen LogP contribution in [0.4, 0.5) is 11.4 Å². The summed E-state index contributed by atoms with van der Waals surface area (Å²) in [6, 6.07) is 2.94. The van der Waals surface area contributed by atoms with Crippen molar-refractivity contribution < 1.29 is 9.66 Å². The quantitative estimate of drug-likeness (QED) is 0.224. The lowest BCUT2D eigenvalue weighted by atomic mass is 10.0. The minimum absolute atomic E-state index is 0.170. The number of benzene rings is 1. The van der Waals surface area contributed by atoms with Crippen molar-refractivity contribution in [1.29, 1.82) is 5.26 Å². The predicted octanol–water partition coefficient (Wildman–Crippen LogP) is 3.20. The second kappa shape index (κ2) is 6.07. The van der Waals surface area contributed by atoms with E-state index in [0.717, 1.165) is 0 Å². The monoisotopic (exact) mass is 318 g/mol. The smallest absolute Gasteiger partial charge is 0.298 e. The fraction of sp³-hybridized carbons (Fsp3) is 0.286. The molecule has 0 saturated carbocycles. The zero-order valence-corrected chi connectivity index (χ0v) is 13.1. The van der Waals surface area contributed by atoms with Crippen molar-refractivity contribution in [2.75, 3.05) is 6.26 Å². The van der Waals surface area contributed by atoms with Gasteiger partial charge in [0.15, 0.2) is 11.4 Å². The van der Waals surface area contributed by atoms with Crippen LogP contribution in [0, 0.1) is 21.6 Å². The minimum atomic E-state index is -0.516. The molecule has 1 N–H and O–H groups in total. The average Bonchev–Trinajstić information content (AvgIpc) is 2.45. The van der Waals surface area contributed by atoms with Crippen molar-refractivity contribution in [3.05, 3.63) is 33.9 Å². The maximum Gasteiger partial charge on any atom is 0.298 e. The molecule has 0 aliphatic carbocycles. The van der Waals surface area contributed by atoms with Gasteiger partial charge in [-0.25, -0.2) is 4.99 Å². The molecule has 114 valence electrons. The van der Waals surface area contributed by atoms with E-state index in [1.807, 2.05) is 26.0 Å². The van der Waals surface area contributed by atoms with Gasteiger partial charge in [0, 0.05) is 5.56 Å². The van der Waals surface area contributed by atoms with Gasteiger partial charge < -0.3 is 4.74 Å². The first-order valence-corrected chi connectivity index (χ1v) is 7.57. The van der Waals surface area contributed by atoms with Gasteiger partial charge in [-0.05, 0) is 32.2 Å². The zero-order valence-electron chi connectivity index (χ0n) is 12.3. The van der Waals surface area contributed by atoms with Gasteiger partial charge in [-0.2, -0.15) is 5.26 Å². The Morgan fingerprint density at radius 2 is 2.27 bits per heavy atom. The predicted molar refractivity (Wildman–Crippen MR) is 86.2 cm³/mol. The van der Waals surface area contributed by atoms with Gasteiger partial charge in [0.2, 0.25) is 0 Å². The molecule has 0 unspecified atom stereocenters. The zero-order chi connectivity index (χ0) is 16.3. The Balaban J connectivity index is 2.56. The molecule has 0 saturated heterocycles. The Kier molecular flexibility index (Phi) is 4.37. The largest absolute Gasteiger partial charge is 0.483 e. The van der Waals surface area contributed by atoms with Crippen molar-refractivity contribution in [3.8, 4) is 11.9 Å². The first-order chi connectivity index (χ1) is 10.4. The van der Waals surface area contributed by atoms with Crippen LogP contribution >= 0.6 is 11.8 Å².